The molecule has 1 aliphatic heterocycles. The van der Waals surface area contributed by atoms with Crippen molar-refractivity contribution in [3.05, 3.63) is 66.1 Å². The number of fused-ring (bicyclic) bond motifs is 1. The van der Waals surface area contributed by atoms with Crippen LogP contribution in [0.2, 0.25) is 0 Å². The highest BCUT2D eigenvalue weighted by molar-refractivity contribution is 5.66. The number of hydrogen-bond donors (Lipinski definition) is 2. The maximum absolute atomic E-state index is 13.3. The van der Waals surface area contributed by atoms with E-state index in [2.05, 4.69) is 25.6 Å². The minimum atomic E-state index is -4.98. The molecule has 1 fully saturated rings. The summed E-state index contributed by atoms with van der Waals surface area (Å²) in [7, 11) is 0. The van der Waals surface area contributed by atoms with Crippen molar-refractivity contribution >= 4 is 34.6 Å². The van der Waals surface area contributed by atoms with E-state index in [0.29, 0.717) is 55.6 Å². The minimum absolute atomic E-state index is 0.0644. The number of anilines is 5. The van der Waals surface area contributed by atoms with Crippen LogP contribution in [-0.4, -0.2) is 45.7 Å². The van der Waals surface area contributed by atoms with Gasteiger partial charge in [-0.2, -0.15) is 36.3 Å². The topological polar surface area (TPSA) is 79.6 Å². The molecule has 0 radical (unpaired) electrons. The molecule has 2 N–H and O–H groups in total. The van der Waals surface area contributed by atoms with E-state index in [1.807, 2.05) is 4.90 Å². The van der Waals surface area contributed by atoms with Gasteiger partial charge >= 0.3 is 12.4 Å². The van der Waals surface area contributed by atoms with E-state index in [4.69, 9.17) is 4.74 Å². The maximum atomic E-state index is 13.3. The number of imidazole rings is 1. The second-order valence-corrected chi connectivity index (χ2v) is 8.19. The van der Waals surface area contributed by atoms with Gasteiger partial charge in [-0.05, 0) is 24.3 Å². The van der Waals surface area contributed by atoms with Crippen LogP contribution in [0.25, 0.3) is 5.65 Å². The molecule has 5 rings (SSSR count). The Kier molecular flexibility index (Phi) is 6.27. The van der Waals surface area contributed by atoms with Crippen molar-refractivity contribution in [3.8, 4) is 0 Å². The zero-order valence-electron chi connectivity index (χ0n) is 18.9. The molecule has 14 heteroatoms. The van der Waals surface area contributed by atoms with E-state index in [1.54, 1.807) is 41.2 Å². The summed E-state index contributed by atoms with van der Waals surface area (Å²) < 4.78 is 87.0. The number of ether oxygens (including phenoxy) is 1. The monoisotopic (exact) mass is 523 g/mol. The van der Waals surface area contributed by atoms with Gasteiger partial charge in [-0.3, -0.25) is 0 Å². The standard InChI is InChI=1S/C23H19F6N7O/c24-22(25,26)14-9-15(23(27,28)29)11-17(10-14)32-21-33-18(13-20(34-21)36-5-7-37-8-6-36)31-16-1-3-35-4-2-30-19(35)12-16/h1-4,9-13H,5-8H2,(H2,31,32,33,34). The maximum Gasteiger partial charge on any atom is 0.416 e. The van der Waals surface area contributed by atoms with Crippen LogP contribution in [0.5, 0.6) is 0 Å². The lowest BCUT2D eigenvalue weighted by molar-refractivity contribution is -0.143. The molecule has 0 saturated carbocycles. The Morgan fingerprint density at radius 3 is 2.16 bits per heavy atom. The van der Waals surface area contributed by atoms with Gasteiger partial charge in [-0.1, -0.05) is 0 Å². The van der Waals surface area contributed by atoms with Crippen LogP contribution in [0.3, 0.4) is 0 Å². The van der Waals surface area contributed by atoms with E-state index in [1.165, 1.54) is 0 Å². The van der Waals surface area contributed by atoms with Gasteiger partial charge in [0.1, 0.15) is 17.3 Å². The number of nitrogens with zero attached hydrogens (tertiary/aromatic N) is 5. The molecule has 0 bridgehead atoms. The highest BCUT2D eigenvalue weighted by Crippen LogP contribution is 2.38. The van der Waals surface area contributed by atoms with Gasteiger partial charge in [0, 0.05) is 55.2 Å². The Morgan fingerprint density at radius 2 is 1.49 bits per heavy atom. The summed E-state index contributed by atoms with van der Waals surface area (Å²) in [5.41, 5.74) is -2.06. The van der Waals surface area contributed by atoms with Gasteiger partial charge in [0.2, 0.25) is 5.95 Å². The highest BCUT2D eigenvalue weighted by Gasteiger charge is 2.37. The normalized spacial score (nSPS) is 14.7. The fourth-order valence-corrected chi connectivity index (χ4v) is 3.80. The molecule has 0 unspecified atom stereocenters. The third kappa shape index (κ3) is 5.69. The zero-order chi connectivity index (χ0) is 26.2. The molecular weight excluding hydrogens is 504 g/mol. The molecule has 1 aliphatic rings. The number of benzene rings is 1. The molecule has 4 heterocycles. The molecule has 3 aromatic heterocycles. The first-order valence-electron chi connectivity index (χ1n) is 11.0. The van der Waals surface area contributed by atoms with Crippen LogP contribution >= 0.6 is 0 Å². The molecule has 0 aliphatic carbocycles. The summed E-state index contributed by atoms with van der Waals surface area (Å²) in [6.45, 7) is 1.87. The van der Waals surface area contributed by atoms with Crippen molar-refractivity contribution in [3.63, 3.8) is 0 Å². The fraction of sp³-hybridized carbons (Fsp3) is 0.261. The molecular formula is C23H19F6N7O. The number of pyridine rings is 1. The quantitative estimate of drug-likeness (QED) is 0.335. The van der Waals surface area contributed by atoms with Crippen molar-refractivity contribution in [2.45, 2.75) is 12.4 Å². The first-order chi connectivity index (χ1) is 17.5. The first kappa shape index (κ1) is 24.6. The molecule has 1 saturated heterocycles. The average Bonchev–Trinajstić information content (AvgIpc) is 3.31. The van der Waals surface area contributed by atoms with Crippen molar-refractivity contribution in [2.24, 2.45) is 0 Å². The van der Waals surface area contributed by atoms with Gasteiger partial charge in [0.05, 0.1) is 24.3 Å². The molecule has 0 atom stereocenters. The summed E-state index contributed by atoms with van der Waals surface area (Å²) in [5, 5.41) is 5.62. The predicted molar refractivity (Wildman–Crippen MR) is 123 cm³/mol. The second-order valence-electron chi connectivity index (χ2n) is 8.19. The number of rotatable bonds is 5. The van der Waals surface area contributed by atoms with E-state index in [-0.39, 0.29) is 17.8 Å². The molecule has 37 heavy (non-hydrogen) atoms. The van der Waals surface area contributed by atoms with E-state index < -0.39 is 29.2 Å². The zero-order valence-corrected chi connectivity index (χ0v) is 18.9. The van der Waals surface area contributed by atoms with Gasteiger partial charge in [-0.15, -0.1) is 0 Å². The Morgan fingerprint density at radius 1 is 0.784 bits per heavy atom. The van der Waals surface area contributed by atoms with Crippen LogP contribution in [0.15, 0.2) is 55.0 Å². The van der Waals surface area contributed by atoms with Crippen LogP contribution in [0.4, 0.5) is 55.3 Å². The lowest BCUT2D eigenvalue weighted by Gasteiger charge is -2.28. The third-order valence-electron chi connectivity index (χ3n) is 5.56. The molecule has 194 valence electrons. The Labute approximate surface area is 205 Å². The van der Waals surface area contributed by atoms with Gasteiger partial charge in [0.15, 0.2) is 0 Å². The van der Waals surface area contributed by atoms with Crippen molar-refractivity contribution in [1.82, 2.24) is 19.4 Å². The summed E-state index contributed by atoms with van der Waals surface area (Å²) >= 11 is 0. The van der Waals surface area contributed by atoms with Crippen molar-refractivity contribution in [1.29, 1.82) is 0 Å². The van der Waals surface area contributed by atoms with Crippen molar-refractivity contribution in [2.75, 3.05) is 41.8 Å². The third-order valence-corrected chi connectivity index (χ3v) is 5.56. The number of morpholine rings is 1. The molecule has 4 aromatic rings. The number of hydrogen-bond acceptors (Lipinski definition) is 7. The highest BCUT2D eigenvalue weighted by atomic mass is 19.4. The largest absolute Gasteiger partial charge is 0.416 e. The van der Waals surface area contributed by atoms with Crippen LogP contribution in [0, 0.1) is 0 Å². The minimum Gasteiger partial charge on any atom is -0.378 e. The Balaban J connectivity index is 1.52. The molecule has 0 amide bonds. The Bertz CT molecular complexity index is 1380. The molecule has 0 spiro atoms. The first-order valence-corrected chi connectivity index (χ1v) is 11.0. The lowest BCUT2D eigenvalue weighted by atomic mass is 10.1. The number of aromatic nitrogens is 4. The van der Waals surface area contributed by atoms with Crippen LogP contribution in [0.1, 0.15) is 11.1 Å². The van der Waals surface area contributed by atoms with E-state index in [9.17, 15) is 26.3 Å². The summed E-state index contributed by atoms with van der Waals surface area (Å²) in [5.74, 6) is 0.520. The van der Waals surface area contributed by atoms with Gasteiger partial charge in [-0.25, -0.2) is 4.98 Å². The molecule has 8 nitrogen and oxygen atoms in total. The van der Waals surface area contributed by atoms with Crippen molar-refractivity contribution < 1.29 is 31.1 Å². The lowest BCUT2D eigenvalue weighted by Crippen LogP contribution is -2.36. The van der Waals surface area contributed by atoms with E-state index in [0.717, 1.165) is 0 Å². The second kappa shape index (κ2) is 9.42. The SMILES string of the molecule is FC(F)(F)c1cc(Nc2nc(Nc3ccn4ccnc4c3)cc(N3CCOCC3)n2)cc(C(F)(F)F)c1. The smallest absolute Gasteiger partial charge is 0.378 e. The number of alkyl halides is 6. The van der Waals surface area contributed by atoms with Gasteiger partial charge in [0.25, 0.3) is 0 Å². The summed E-state index contributed by atoms with van der Waals surface area (Å²) in [4.78, 5) is 14.7. The molecule has 1 aromatic carbocycles. The number of halogens is 6. The fourth-order valence-electron chi connectivity index (χ4n) is 3.80. The average molecular weight is 523 g/mol. The van der Waals surface area contributed by atoms with E-state index >= 15 is 0 Å². The summed E-state index contributed by atoms with van der Waals surface area (Å²) in [6, 6.07) is 6.39. The van der Waals surface area contributed by atoms with Crippen LogP contribution in [-0.2, 0) is 17.1 Å². The van der Waals surface area contributed by atoms with Gasteiger partial charge < -0.3 is 24.7 Å². The summed E-state index contributed by atoms with van der Waals surface area (Å²) in [6.07, 6.45) is -4.78. The van der Waals surface area contributed by atoms with Crippen LogP contribution < -0.4 is 15.5 Å². The number of nitrogens with one attached hydrogen (secondary N) is 2. The Hall–Kier alpha value is -4.07. The predicted octanol–water partition coefficient (Wildman–Crippen LogP) is 5.49.